The van der Waals surface area contributed by atoms with Gasteiger partial charge in [0.05, 0.1) is 9.79 Å². The van der Waals surface area contributed by atoms with Gasteiger partial charge >= 0.3 is 0 Å². The quantitative estimate of drug-likeness (QED) is 0.658. The molecule has 2 aromatic carbocycles. The molecule has 6 nitrogen and oxygen atoms in total. The fourth-order valence-electron chi connectivity index (χ4n) is 2.16. The second-order valence-corrected chi connectivity index (χ2v) is 9.16. The fourth-order valence-corrected chi connectivity index (χ4v) is 3.83. The number of halogens is 1. The molecule has 0 saturated carbocycles. The van der Waals surface area contributed by atoms with E-state index in [9.17, 15) is 16.8 Å². The first-order chi connectivity index (χ1) is 11.7. The van der Waals surface area contributed by atoms with Gasteiger partial charge in [-0.1, -0.05) is 24.3 Å². The lowest BCUT2D eigenvalue weighted by molar-refractivity contribution is 0.581. The molecule has 0 aromatic heterocycles. The van der Waals surface area contributed by atoms with Crippen LogP contribution >= 0.6 is 11.6 Å². The monoisotopic (exact) mass is 402 g/mol. The van der Waals surface area contributed by atoms with E-state index < -0.39 is 20.0 Å². The van der Waals surface area contributed by atoms with Gasteiger partial charge in [-0.05, 0) is 48.2 Å². The van der Waals surface area contributed by atoms with E-state index in [0.29, 0.717) is 11.4 Å². The zero-order valence-electron chi connectivity index (χ0n) is 13.4. The fraction of sp³-hybridized carbons (Fsp3) is 0.250. The van der Waals surface area contributed by atoms with Crippen molar-refractivity contribution in [2.75, 3.05) is 5.88 Å². The molecule has 0 radical (unpaired) electrons. The second kappa shape index (κ2) is 8.29. The van der Waals surface area contributed by atoms with Crippen LogP contribution in [0.15, 0.2) is 58.3 Å². The average Bonchev–Trinajstić information content (AvgIpc) is 2.58. The van der Waals surface area contributed by atoms with Crippen LogP contribution in [0.4, 0.5) is 0 Å². The molecule has 0 spiro atoms. The molecule has 0 aliphatic heterocycles. The molecular formula is C16H19ClN2O4S2. The normalized spacial score (nSPS) is 12.2. The Labute approximate surface area is 153 Å². The van der Waals surface area contributed by atoms with Gasteiger partial charge < -0.3 is 0 Å². The van der Waals surface area contributed by atoms with Crippen LogP contribution in [0.3, 0.4) is 0 Å². The number of primary sulfonamides is 1. The Bertz CT molecular complexity index is 910. The van der Waals surface area contributed by atoms with Crippen molar-refractivity contribution in [2.45, 2.75) is 29.2 Å². The van der Waals surface area contributed by atoms with E-state index in [1.165, 1.54) is 24.3 Å². The van der Waals surface area contributed by atoms with Crippen LogP contribution in [0, 0.1) is 0 Å². The molecule has 0 unspecified atom stereocenters. The molecule has 0 heterocycles. The number of rotatable bonds is 8. The zero-order chi connectivity index (χ0) is 18.5. The highest BCUT2D eigenvalue weighted by Gasteiger charge is 2.14. The predicted octanol–water partition coefficient (Wildman–Crippen LogP) is 1.98. The molecule has 136 valence electrons. The number of hydrogen-bond acceptors (Lipinski definition) is 4. The van der Waals surface area contributed by atoms with E-state index >= 15 is 0 Å². The first-order valence-electron chi connectivity index (χ1n) is 7.49. The molecule has 0 saturated heterocycles. The number of nitrogens with two attached hydrogens (primary N) is 1. The van der Waals surface area contributed by atoms with E-state index in [1.54, 1.807) is 24.3 Å². The molecule has 3 N–H and O–H groups in total. The van der Waals surface area contributed by atoms with Crippen molar-refractivity contribution < 1.29 is 16.8 Å². The maximum atomic E-state index is 12.3. The van der Waals surface area contributed by atoms with Gasteiger partial charge in [0, 0.05) is 12.4 Å². The molecule has 0 atom stereocenters. The number of alkyl halides is 1. The minimum atomic E-state index is -3.76. The largest absolute Gasteiger partial charge is 0.240 e. The zero-order valence-corrected chi connectivity index (χ0v) is 15.7. The summed E-state index contributed by atoms with van der Waals surface area (Å²) in [7, 11) is -7.42. The topological polar surface area (TPSA) is 106 Å². The van der Waals surface area contributed by atoms with Gasteiger partial charge in [-0.2, -0.15) is 0 Å². The third kappa shape index (κ3) is 5.79. The van der Waals surface area contributed by atoms with Gasteiger partial charge in [-0.25, -0.2) is 26.7 Å². The van der Waals surface area contributed by atoms with Crippen molar-refractivity contribution >= 4 is 31.6 Å². The third-order valence-corrected chi connectivity index (χ3v) is 6.16. The number of nitrogens with one attached hydrogen (secondary N) is 1. The second-order valence-electron chi connectivity index (χ2n) is 5.45. The molecule has 0 aliphatic carbocycles. The van der Waals surface area contributed by atoms with Crippen molar-refractivity contribution in [1.29, 1.82) is 0 Å². The SMILES string of the molecule is NS(=O)(=O)c1ccc(CNS(=O)(=O)c2ccc(CCCCl)cc2)cc1. The number of aryl methyl sites for hydroxylation is 1. The highest BCUT2D eigenvalue weighted by atomic mass is 35.5. The van der Waals surface area contributed by atoms with Crippen molar-refractivity contribution in [1.82, 2.24) is 4.72 Å². The number of sulfonamides is 2. The van der Waals surface area contributed by atoms with Gasteiger partial charge in [0.25, 0.3) is 0 Å². The molecule has 9 heteroatoms. The summed E-state index contributed by atoms with van der Waals surface area (Å²) >= 11 is 5.64. The maximum Gasteiger partial charge on any atom is 0.240 e. The molecule has 0 amide bonds. The minimum absolute atomic E-state index is 0.0216. The van der Waals surface area contributed by atoms with Crippen LogP contribution in [0.25, 0.3) is 0 Å². The van der Waals surface area contributed by atoms with Crippen molar-refractivity contribution in [2.24, 2.45) is 5.14 Å². The van der Waals surface area contributed by atoms with E-state index in [0.717, 1.165) is 18.4 Å². The Hall–Kier alpha value is -1.45. The summed E-state index contributed by atoms with van der Waals surface area (Å²) < 4.78 is 49.5. The predicted molar refractivity (Wildman–Crippen MR) is 97.3 cm³/mol. The van der Waals surface area contributed by atoms with Crippen LogP contribution in [-0.2, 0) is 33.0 Å². The summed E-state index contributed by atoms with van der Waals surface area (Å²) in [5.41, 5.74) is 1.65. The average molecular weight is 403 g/mol. The first-order valence-corrected chi connectivity index (χ1v) is 11.0. The summed E-state index contributed by atoms with van der Waals surface area (Å²) in [6.45, 7) is 0.0429. The van der Waals surface area contributed by atoms with Crippen molar-refractivity contribution in [3.8, 4) is 0 Å². The Morgan fingerprint density at radius 2 is 1.36 bits per heavy atom. The Kier molecular flexibility index (Phi) is 6.59. The summed E-state index contributed by atoms with van der Waals surface area (Å²) in [4.78, 5) is 0.148. The van der Waals surface area contributed by atoms with E-state index in [2.05, 4.69) is 4.72 Å². The Balaban J connectivity index is 2.03. The van der Waals surface area contributed by atoms with Crippen LogP contribution in [0.2, 0.25) is 0 Å². The van der Waals surface area contributed by atoms with Gasteiger partial charge in [0.15, 0.2) is 0 Å². The highest BCUT2D eigenvalue weighted by Crippen LogP contribution is 2.14. The molecular weight excluding hydrogens is 384 g/mol. The molecule has 0 bridgehead atoms. The van der Waals surface area contributed by atoms with E-state index in [4.69, 9.17) is 16.7 Å². The van der Waals surface area contributed by atoms with E-state index in [-0.39, 0.29) is 16.3 Å². The lowest BCUT2D eigenvalue weighted by Gasteiger charge is -2.08. The summed E-state index contributed by atoms with van der Waals surface area (Å²) in [6, 6.07) is 12.3. The summed E-state index contributed by atoms with van der Waals surface area (Å²) in [5.74, 6) is 0.561. The Morgan fingerprint density at radius 3 is 1.88 bits per heavy atom. The van der Waals surface area contributed by atoms with Gasteiger partial charge in [0.1, 0.15) is 0 Å². The van der Waals surface area contributed by atoms with Crippen LogP contribution in [0.1, 0.15) is 17.5 Å². The highest BCUT2D eigenvalue weighted by molar-refractivity contribution is 7.89. The van der Waals surface area contributed by atoms with Gasteiger partial charge in [-0.15, -0.1) is 11.6 Å². The molecule has 25 heavy (non-hydrogen) atoms. The lowest BCUT2D eigenvalue weighted by atomic mass is 10.1. The first kappa shape index (κ1) is 19.9. The van der Waals surface area contributed by atoms with Gasteiger partial charge in [-0.3, -0.25) is 0 Å². The van der Waals surface area contributed by atoms with Crippen LogP contribution < -0.4 is 9.86 Å². The molecule has 0 fully saturated rings. The third-order valence-electron chi connectivity index (χ3n) is 3.55. The van der Waals surface area contributed by atoms with Gasteiger partial charge in [0.2, 0.25) is 20.0 Å². The van der Waals surface area contributed by atoms with Crippen molar-refractivity contribution in [3.05, 3.63) is 59.7 Å². The maximum absolute atomic E-state index is 12.3. The molecule has 2 aromatic rings. The summed E-state index contributed by atoms with van der Waals surface area (Å²) in [6.07, 6.45) is 1.63. The number of benzene rings is 2. The summed E-state index contributed by atoms with van der Waals surface area (Å²) in [5, 5.41) is 5.02. The lowest BCUT2D eigenvalue weighted by Crippen LogP contribution is -2.23. The molecule has 2 rings (SSSR count). The van der Waals surface area contributed by atoms with Crippen LogP contribution in [0.5, 0.6) is 0 Å². The van der Waals surface area contributed by atoms with E-state index in [1.807, 2.05) is 0 Å². The molecule has 0 aliphatic rings. The Morgan fingerprint density at radius 1 is 0.840 bits per heavy atom. The standard InChI is InChI=1S/C16H19ClN2O4S2/c17-11-1-2-13-3-9-16(10-4-13)25(22,23)19-12-14-5-7-15(8-6-14)24(18,20)21/h3-10,19H,1-2,11-12H2,(H2,18,20,21). The number of hydrogen-bond donors (Lipinski definition) is 2. The van der Waals surface area contributed by atoms with Crippen LogP contribution in [-0.4, -0.2) is 22.7 Å². The smallest absolute Gasteiger partial charge is 0.225 e. The minimum Gasteiger partial charge on any atom is -0.225 e. The van der Waals surface area contributed by atoms with Crippen molar-refractivity contribution in [3.63, 3.8) is 0 Å².